The van der Waals surface area contributed by atoms with E-state index in [1.807, 2.05) is 31.2 Å². The van der Waals surface area contributed by atoms with Gasteiger partial charge in [0.1, 0.15) is 0 Å². The molecule has 0 bridgehead atoms. The molecule has 1 aromatic rings. The minimum Gasteiger partial charge on any atom is -0.388 e. The maximum atomic E-state index is 9.75. The summed E-state index contributed by atoms with van der Waals surface area (Å²) in [6, 6.07) is 10.5. The molecule has 1 rings (SSSR count). The van der Waals surface area contributed by atoms with E-state index in [4.69, 9.17) is 5.26 Å². The third-order valence-electron chi connectivity index (χ3n) is 3.08. The van der Waals surface area contributed by atoms with E-state index in [1.165, 1.54) is 0 Å². The first-order valence-electron chi connectivity index (χ1n) is 6.51. The number of aliphatic hydroxyl groups excluding tert-OH is 1. The number of benzene rings is 1. The number of nitriles is 1. The molecule has 0 fully saturated rings. The predicted molar refractivity (Wildman–Crippen MR) is 74.4 cm³/mol. The molecule has 0 amide bonds. The van der Waals surface area contributed by atoms with Crippen molar-refractivity contribution in [3.05, 3.63) is 29.8 Å². The van der Waals surface area contributed by atoms with E-state index in [1.54, 1.807) is 0 Å². The van der Waals surface area contributed by atoms with Crippen molar-refractivity contribution in [3.63, 3.8) is 0 Å². The summed E-state index contributed by atoms with van der Waals surface area (Å²) in [4.78, 5) is 2.20. The van der Waals surface area contributed by atoms with Crippen LogP contribution in [0.4, 0.5) is 5.69 Å². The second-order valence-electron chi connectivity index (χ2n) is 4.71. The van der Waals surface area contributed by atoms with Gasteiger partial charge in [-0.1, -0.05) is 19.1 Å². The van der Waals surface area contributed by atoms with Crippen LogP contribution < -0.4 is 4.90 Å². The number of hydrogen-bond acceptors (Lipinski definition) is 3. The summed E-state index contributed by atoms with van der Waals surface area (Å²) in [6.07, 6.45) is 0.866. The highest BCUT2D eigenvalue weighted by Gasteiger charge is 2.11. The normalized spacial score (nSPS) is 12.2. The van der Waals surface area contributed by atoms with Crippen LogP contribution in [-0.4, -0.2) is 17.7 Å². The zero-order chi connectivity index (χ0) is 13.5. The third-order valence-corrected chi connectivity index (χ3v) is 3.08. The van der Waals surface area contributed by atoms with Crippen molar-refractivity contribution in [3.8, 4) is 6.07 Å². The average molecular weight is 246 g/mol. The summed E-state index contributed by atoms with van der Waals surface area (Å²) in [6.45, 7) is 6.94. The average Bonchev–Trinajstić information content (AvgIpc) is 2.38. The molecule has 3 nitrogen and oxygen atoms in total. The molecule has 1 unspecified atom stereocenters. The Hall–Kier alpha value is -1.53. The molecule has 1 atom stereocenters. The minimum absolute atomic E-state index is 0.361. The van der Waals surface area contributed by atoms with Crippen LogP contribution in [0.3, 0.4) is 0 Å². The number of rotatable bonds is 6. The Bertz CT molecular complexity index is 392. The minimum atomic E-state index is -0.384. The van der Waals surface area contributed by atoms with Crippen LogP contribution in [0.25, 0.3) is 0 Å². The van der Waals surface area contributed by atoms with Crippen LogP contribution in [0, 0.1) is 11.3 Å². The third kappa shape index (κ3) is 3.75. The first kappa shape index (κ1) is 14.5. The summed E-state index contributed by atoms with van der Waals surface area (Å²) in [7, 11) is 0. The lowest BCUT2D eigenvalue weighted by atomic mass is 10.1. The van der Waals surface area contributed by atoms with E-state index < -0.39 is 0 Å². The molecule has 1 N–H and O–H groups in total. The summed E-state index contributed by atoms with van der Waals surface area (Å²) < 4.78 is 0. The van der Waals surface area contributed by atoms with E-state index >= 15 is 0 Å². The van der Waals surface area contributed by atoms with Crippen LogP contribution in [0.15, 0.2) is 24.3 Å². The largest absolute Gasteiger partial charge is 0.388 e. The lowest BCUT2D eigenvalue weighted by Gasteiger charge is -2.28. The van der Waals surface area contributed by atoms with E-state index in [0.717, 1.165) is 24.2 Å². The molecule has 1 aromatic carbocycles. The molecule has 18 heavy (non-hydrogen) atoms. The Morgan fingerprint density at radius 1 is 1.28 bits per heavy atom. The lowest BCUT2D eigenvalue weighted by Crippen LogP contribution is -2.31. The second-order valence-corrected chi connectivity index (χ2v) is 4.71. The Kier molecular flexibility index (Phi) is 5.67. The van der Waals surface area contributed by atoms with E-state index in [2.05, 4.69) is 24.8 Å². The lowest BCUT2D eigenvalue weighted by molar-refractivity contribution is 0.173. The van der Waals surface area contributed by atoms with Crippen molar-refractivity contribution in [1.29, 1.82) is 5.26 Å². The predicted octanol–water partition coefficient (Wildman–Crippen LogP) is 3.26. The smallest absolute Gasteiger partial charge is 0.0787 e. The monoisotopic (exact) mass is 246 g/mol. The fourth-order valence-electron chi connectivity index (χ4n) is 1.98. The number of anilines is 1. The van der Waals surface area contributed by atoms with Crippen LogP contribution in [0.2, 0.25) is 0 Å². The molecule has 98 valence electrons. The maximum absolute atomic E-state index is 9.75. The van der Waals surface area contributed by atoms with Gasteiger partial charge in [0.05, 0.1) is 18.6 Å². The number of hydrogen-bond donors (Lipinski definition) is 1. The molecule has 0 heterocycles. The molecule has 0 radical (unpaired) electrons. The Balaban J connectivity index is 2.84. The van der Waals surface area contributed by atoms with Gasteiger partial charge < -0.3 is 10.0 Å². The van der Waals surface area contributed by atoms with Gasteiger partial charge in [-0.15, -0.1) is 0 Å². The molecule has 3 heteroatoms. The molecule has 0 aliphatic carbocycles. The highest BCUT2D eigenvalue weighted by molar-refractivity contribution is 5.48. The molecule has 0 aliphatic rings. The van der Waals surface area contributed by atoms with Crippen LogP contribution >= 0.6 is 0 Å². The zero-order valence-corrected chi connectivity index (χ0v) is 11.4. The van der Waals surface area contributed by atoms with Crippen LogP contribution in [-0.2, 0) is 0 Å². The highest BCUT2D eigenvalue weighted by atomic mass is 16.3. The maximum Gasteiger partial charge on any atom is 0.0787 e. The van der Waals surface area contributed by atoms with Crippen molar-refractivity contribution < 1.29 is 5.11 Å². The Labute approximate surface area is 110 Å². The van der Waals surface area contributed by atoms with Gasteiger partial charge in [-0.05, 0) is 38.0 Å². The van der Waals surface area contributed by atoms with Gasteiger partial charge in [-0.2, -0.15) is 5.26 Å². The van der Waals surface area contributed by atoms with Crippen molar-refractivity contribution in [1.82, 2.24) is 0 Å². The van der Waals surface area contributed by atoms with Gasteiger partial charge in [-0.25, -0.2) is 0 Å². The first-order chi connectivity index (χ1) is 8.60. The van der Waals surface area contributed by atoms with Crippen LogP contribution in [0.5, 0.6) is 0 Å². The van der Waals surface area contributed by atoms with Gasteiger partial charge >= 0.3 is 0 Å². The van der Waals surface area contributed by atoms with Crippen molar-refractivity contribution in [2.45, 2.75) is 45.8 Å². The van der Waals surface area contributed by atoms with Crippen molar-refractivity contribution >= 4 is 5.69 Å². The summed E-state index contributed by atoms with van der Waals surface area (Å²) in [5, 5.41) is 18.4. The van der Waals surface area contributed by atoms with Gasteiger partial charge in [0, 0.05) is 18.3 Å². The van der Waals surface area contributed by atoms with Crippen molar-refractivity contribution in [2.75, 3.05) is 11.4 Å². The van der Waals surface area contributed by atoms with E-state index in [-0.39, 0.29) is 6.10 Å². The van der Waals surface area contributed by atoms with Gasteiger partial charge in [0.2, 0.25) is 0 Å². The standard InChI is InChI=1S/C15H22N2O/c1-4-15(18)13-6-8-14(9-7-13)17(12(2)3)11-5-10-16/h6-9,12,15,18H,4-5,11H2,1-3H3. The number of aliphatic hydroxyl groups is 1. The van der Waals surface area contributed by atoms with Gasteiger partial charge in [-0.3, -0.25) is 0 Å². The zero-order valence-electron chi connectivity index (χ0n) is 11.4. The first-order valence-corrected chi connectivity index (χ1v) is 6.51. The van der Waals surface area contributed by atoms with Gasteiger partial charge in [0.15, 0.2) is 0 Å². The summed E-state index contributed by atoms with van der Waals surface area (Å²) >= 11 is 0. The molecule has 0 saturated heterocycles. The van der Waals surface area contributed by atoms with E-state index in [0.29, 0.717) is 12.5 Å². The molecular formula is C15H22N2O. The fourth-order valence-corrected chi connectivity index (χ4v) is 1.98. The van der Waals surface area contributed by atoms with E-state index in [9.17, 15) is 5.11 Å². The molecule has 0 saturated carbocycles. The van der Waals surface area contributed by atoms with Crippen molar-refractivity contribution in [2.24, 2.45) is 0 Å². The molecule has 0 spiro atoms. The quantitative estimate of drug-likeness (QED) is 0.838. The number of nitrogens with zero attached hydrogens (tertiary/aromatic N) is 2. The van der Waals surface area contributed by atoms with Crippen LogP contribution in [0.1, 0.15) is 45.3 Å². The molecule has 0 aromatic heterocycles. The summed E-state index contributed by atoms with van der Waals surface area (Å²) in [5.41, 5.74) is 2.05. The fraction of sp³-hybridized carbons (Fsp3) is 0.533. The highest BCUT2D eigenvalue weighted by Crippen LogP contribution is 2.22. The summed E-state index contributed by atoms with van der Waals surface area (Å²) in [5.74, 6) is 0. The molecule has 0 aliphatic heterocycles. The Morgan fingerprint density at radius 3 is 2.33 bits per heavy atom. The molecular weight excluding hydrogens is 224 g/mol. The SMILES string of the molecule is CCC(O)c1ccc(N(CCC#N)C(C)C)cc1. The Morgan fingerprint density at radius 2 is 1.89 bits per heavy atom. The topological polar surface area (TPSA) is 47.3 Å². The van der Waals surface area contributed by atoms with Gasteiger partial charge in [0.25, 0.3) is 0 Å². The second kappa shape index (κ2) is 7.03.